The number of thiophene rings is 1. The second-order valence-corrected chi connectivity index (χ2v) is 8.81. The summed E-state index contributed by atoms with van der Waals surface area (Å²) in [5.74, 6) is -0.540. The number of carbonyl (C=O) groups excluding carboxylic acids is 2. The molecule has 2 aromatic rings. The molecule has 1 amide bonds. The van der Waals surface area contributed by atoms with Crippen LogP contribution in [0.15, 0.2) is 53.1 Å². The number of rotatable bonds is 9. The number of ether oxygens (including phenoxy) is 1. The van der Waals surface area contributed by atoms with Gasteiger partial charge < -0.3 is 19.6 Å². The van der Waals surface area contributed by atoms with E-state index in [4.69, 9.17) is 4.74 Å². The number of hydrogen-bond donors (Lipinski definition) is 1. The maximum atomic E-state index is 13.2. The second kappa shape index (κ2) is 9.45. The van der Waals surface area contributed by atoms with Gasteiger partial charge in [-0.05, 0) is 70.1 Å². The normalized spacial score (nSPS) is 16.8. The van der Waals surface area contributed by atoms with Crippen molar-refractivity contribution in [1.29, 1.82) is 0 Å². The van der Waals surface area contributed by atoms with E-state index in [1.54, 1.807) is 17.0 Å². The molecule has 0 radical (unpaired) electrons. The Labute approximate surface area is 181 Å². The summed E-state index contributed by atoms with van der Waals surface area (Å²) in [5.41, 5.74) is 0.915. The molecule has 0 saturated carbocycles. The van der Waals surface area contributed by atoms with E-state index in [-0.39, 0.29) is 17.5 Å². The molecular weight excluding hydrogens is 400 g/mol. The molecule has 0 aliphatic carbocycles. The Kier molecular flexibility index (Phi) is 6.95. The molecule has 0 spiro atoms. The Bertz CT molecular complexity index is 917. The van der Waals surface area contributed by atoms with E-state index >= 15 is 0 Å². The van der Waals surface area contributed by atoms with Crippen LogP contribution in [0.1, 0.15) is 41.5 Å². The zero-order valence-corrected chi connectivity index (χ0v) is 18.6. The zero-order chi connectivity index (χ0) is 21.8. The Balaban J connectivity index is 1.96. The number of benzene rings is 1. The van der Waals surface area contributed by atoms with Crippen molar-refractivity contribution in [1.82, 2.24) is 9.80 Å². The average Bonchev–Trinajstić information content (AvgIpc) is 3.30. The highest BCUT2D eigenvalue weighted by Gasteiger charge is 2.43. The highest BCUT2D eigenvalue weighted by Crippen LogP contribution is 2.40. The van der Waals surface area contributed by atoms with E-state index in [0.717, 1.165) is 24.3 Å². The first-order chi connectivity index (χ1) is 14.3. The van der Waals surface area contributed by atoms with Gasteiger partial charge in [-0.25, -0.2) is 0 Å². The number of amides is 1. The van der Waals surface area contributed by atoms with Gasteiger partial charge in [0.2, 0.25) is 5.78 Å². The van der Waals surface area contributed by atoms with Gasteiger partial charge in [-0.15, -0.1) is 11.3 Å². The lowest BCUT2D eigenvalue weighted by Crippen LogP contribution is -2.33. The molecule has 1 aromatic heterocycles. The van der Waals surface area contributed by atoms with Crippen molar-refractivity contribution in [2.24, 2.45) is 0 Å². The summed E-state index contributed by atoms with van der Waals surface area (Å²) in [6, 6.07) is 10.3. The monoisotopic (exact) mass is 428 g/mol. The van der Waals surface area contributed by atoms with Crippen LogP contribution in [0.25, 0.3) is 0 Å². The topological polar surface area (TPSA) is 70.1 Å². The number of hydrogen-bond acceptors (Lipinski definition) is 6. The van der Waals surface area contributed by atoms with Crippen molar-refractivity contribution >= 4 is 23.0 Å². The first-order valence-corrected chi connectivity index (χ1v) is 10.9. The van der Waals surface area contributed by atoms with E-state index < -0.39 is 17.7 Å². The standard InChI is InChI=1S/C23H28N2O4S/c1-15(2)29-17-10-8-16(9-11-17)20-19(21(26)18-7-5-14-30-18)22(27)23(28)25(20)13-6-12-24(3)4/h5,7-11,14-15,20,27H,6,12-13H2,1-4H3/t20-/m0/s1. The molecule has 7 heteroatoms. The lowest BCUT2D eigenvalue weighted by Gasteiger charge is -2.27. The predicted octanol–water partition coefficient (Wildman–Crippen LogP) is 4.07. The minimum absolute atomic E-state index is 0.0475. The number of ketones is 1. The molecule has 0 unspecified atom stereocenters. The summed E-state index contributed by atoms with van der Waals surface area (Å²) in [7, 11) is 3.94. The van der Waals surface area contributed by atoms with Crippen LogP contribution in [0.3, 0.4) is 0 Å². The summed E-state index contributed by atoms with van der Waals surface area (Å²) >= 11 is 1.30. The fraction of sp³-hybridized carbons (Fsp3) is 0.391. The lowest BCUT2D eigenvalue weighted by molar-refractivity contribution is -0.129. The molecule has 1 aliphatic heterocycles. The smallest absolute Gasteiger partial charge is 0.290 e. The SMILES string of the molecule is CC(C)Oc1ccc([C@H]2C(C(=O)c3cccs3)=C(O)C(=O)N2CCCN(C)C)cc1. The summed E-state index contributed by atoms with van der Waals surface area (Å²) in [4.78, 5) is 30.2. The van der Waals surface area contributed by atoms with Crippen LogP contribution in [0.5, 0.6) is 5.75 Å². The molecule has 0 bridgehead atoms. The van der Waals surface area contributed by atoms with Gasteiger partial charge in [0, 0.05) is 6.54 Å². The molecule has 1 N–H and O–H groups in total. The van der Waals surface area contributed by atoms with E-state index in [1.807, 2.05) is 62.5 Å². The lowest BCUT2D eigenvalue weighted by atomic mass is 9.95. The van der Waals surface area contributed by atoms with Gasteiger partial charge in [0.25, 0.3) is 5.91 Å². The van der Waals surface area contributed by atoms with Crippen LogP contribution in [0, 0.1) is 0 Å². The van der Waals surface area contributed by atoms with Crippen molar-refractivity contribution in [3.63, 3.8) is 0 Å². The molecule has 30 heavy (non-hydrogen) atoms. The molecule has 3 rings (SSSR count). The van der Waals surface area contributed by atoms with E-state index in [9.17, 15) is 14.7 Å². The summed E-state index contributed by atoms with van der Waals surface area (Å²) in [6.45, 7) is 5.15. The van der Waals surface area contributed by atoms with Crippen LogP contribution in [-0.2, 0) is 4.79 Å². The van der Waals surface area contributed by atoms with Gasteiger partial charge in [-0.1, -0.05) is 18.2 Å². The van der Waals surface area contributed by atoms with E-state index in [1.165, 1.54) is 11.3 Å². The number of carbonyl (C=O) groups is 2. The first-order valence-electron chi connectivity index (χ1n) is 10.0. The number of aliphatic hydroxyl groups excluding tert-OH is 1. The molecule has 0 fully saturated rings. The first kappa shape index (κ1) is 22.1. The third-order valence-corrected chi connectivity index (χ3v) is 5.73. The second-order valence-electron chi connectivity index (χ2n) is 7.86. The minimum atomic E-state index is -0.623. The fourth-order valence-electron chi connectivity index (χ4n) is 3.56. The highest BCUT2D eigenvalue weighted by atomic mass is 32.1. The number of Topliss-reactive ketones (excluding diaryl/α,β-unsaturated/α-hetero) is 1. The minimum Gasteiger partial charge on any atom is -0.503 e. The van der Waals surface area contributed by atoms with Crippen LogP contribution in [-0.4, -0.2) is 59.9 Å². The Morgan fingerprint density at radius 2 is 1.93 bits per heavy atom. The van der Waals surface area contributed by atoms with Crippen LogP contribution >= 0.6 is 11.3 Å². The predicted molar refractivity (Wildman–Crippen MR) is 118 cm³/mol. The van der Waals surface area contributed by atoms with Gasteiger partial charge in [-0.2, -0.15) is 0 Å². The number of aliphatic hydroxyl groups is 1. The largest absolute Gasteiger partial charge is 0.503 e. The molecule has 6 nitrogen and oxygen atoms in total. The molecule has 1 atom stereocenters. The quantitative estimate of drug-likeness (QED) is 0.610. The molecule has 0 saturated heterocycles. The van der Waals surface area contributed by atoms with E-state index in [2.05, 4.69) is 0 Å². The maximum absolute atomic E-state index is 13.2. The molecule has 1 aromatic carbocycles. The summed E-state index contributed by atoms with van der Waals surface area (Å²) in [5, 5.41) is 12.5. The Morgan fingerprint density at radius 3 is 2.50 bits per heavy atom. The van der Waals surface area contributed by atoms with Gasteiger partial charge in [-0.3, -0.25) is 9.59 Å². The van der Waals surface area contributed by atoms with Crippen LogP contribution < -0.4 is 4.74 Å². The third kappa shape index (κ3) is 4.74. The average molecular weight is 429 g/mol. The summed E-state index contributed by atoms with van der Waals surface area (Å²) < 4.78 is 5.71. The van der Waals surface area contributed by atoms with Crippen molar-refractivity contribution in [2.45, 2.75) is 32.4 Å². The van der Waals surface area contributed by atoms with Gasteiger partial charge in [0.15, 0.2) is 5.76 Å². The molecule has 160 valence electrons. The van der Waals surface area contributed by atoms with Gasteiger partial charge in [0.1, 0.15) is 5.75 Å². The van der Waals surface area contributed by atoms with E-state index in [0.29, 0.717) is 11.4 Å². The molecule has 2 heterocycles. The fourth-order valence-corrected chi connectivity index (χ4v) is 4.24. The summed E-state index contributed by atoms with van der Waals surface area (Å²) in [6.07, 6.45) is 0.781. The third-order valence-electron chi connectivity index (χ3n) is 4.87. The Morgan fingerprint density at radius 1 is 1.23 bits per heavy atom. The van der Waals surface area contributed by atoms with Crippen molar-refractivity contribution in [2.75, 3.05) is 27.2 Å². The number of nitrogens with zero attached hydrogens (tertiary/aromatic N) is 2. The van der Waals surface area contributed by atoms with Crippen molar-refractivity contribution in [3.05, 3.63) is 63.6 Å². The molecule has 1 aliphatic rings. The Hall–Kier alpha value is -2.64. The van der Waals surface area contributed by atoms with Crippen molar-refractivity contribution in [3.8, 4) is 5.75 Å². The maximum Gasteiger partial charge on any atom is 0.290 e. The van der Waals surface area contributed by atoms with Crippen LogP contribution in [0.4, 0.5) is 0 Å². The highest BCUT2D eigenvalue weighted by molar-refractivity contribution is 7.12. The van der Waals surface area contributed by atoms with Crippen LogP contribution in [0.2, 0.25) is 0 Å². The van der Waals surface area contributed by atoms with Crippen molar-refractivity contribution < 1.29 is 19.4 Å². The van der Waals surface area contributed by atoms with Gasteiger partial charge >= 0.3 is 0 Å². The molecular formula is C23H28N2O4S. The zero-order valence-electron chi connectivity index (χ0n) is 17.8. The van der Waals surface area contributed by atoms with Gasteiger partial charge in [0.05, 0.1) is 22.6 Å².